The normalized spacial score (nSPS) is 30.6. The van der Waals surface area contributed by atoms with E-state index in [1.807, 2.05) is 42.5 Å². The second-order valence-corrected chi connectivity index (χ2v) is 9.33. The lowest BCUT2D eigenvalue weighted by Crippen LogP contribution is -2.50. The smallest absolute Gasteiger partial charge is 0.338 e. The van der Waals surface area contributed by atoms with Crippen molar-refractivity contribution in [3.8, 4) is 0 Å². The first-order chi connectivity index (χ1) is 17.1. The lowest BCUT2D eigenvalue weighted by atomic mass is 9.78. The highest BCUT2D eigenvalue weighted by molar-refractivity contribution is 5.93. The molecule has 35 heavy (non-hydrogen) atoms. The van der Waals surface area contributed by atoms with Gasteiger partial charge in [0, 0.05) is 11.8 Å². The molecule has 2 aliphatic heterocycles. The molecule has 0 spiro atoms. The molecule has 0 radical (unpaired) electrons. The quantitative estimate of drug-likeness (QED) is 0.522. The Labute approximate surface area is 202 Å². The molecular formula is C29H24O6. The van der Waals surface area contributed by atoms with E-state index in [1.54, 1.807) is 48.5 Å². The first-order valence-corrected chi connectivity index (χ1v) is 11.9. The first kappa shape index (κ1) is 21.7. The van der Waals surface area contributed by atoms with Gasteiger partial charge in [0.2, 0.25) is 0 Å². The average molecular weight is 469 g/mol. The standard InChI is InChI=1S/C29H24O6/c30-23-20(17-10-4-1-5-11-17)16-21-22(23)25-27(35-29(32)19-14-8-3-9-15-19)26(24(21)33-25)34-28(31)18-12-6-2-7-13-18/h1-15,20-22,24-27H,16H2. The lowest BCUT2D eigenvalue weighted by molar-refractivity contribution is -0.126. The number of ether oxygens (including phenoxy) is 3. The molecule has 0 aromatic heterocycles. The summed E-state index contributed by atoms with van der Waals surface area (Å²) in [5.41, 5.74) is 1.77. The van der Waals surface area contributed by atoms with Crippen LogP contribution in [0.1, 0.15) is 38.6 Å². The molecule has 2 bridgehead atoms. The van der Waals surface area contributed by atoms with Crippen molar-refractivity contribution in [3.05, 3.63) is 108 Å². The molecule has 7 unspecified atom stereocenters. The Balaban J connectivity index is 1.30. The number of benzene rings is 3. The maximum Gasteiger partial charge on any atom is 0.338 e. The number of hydrogen-bond donors (Lipinski definition) is 0. The van der Waals surface area contributed by atoms with Gasteiger partial charge in [0.25, 0.3) is 0 Å². The molecule has 2 saturated heterocycles. The monoisotopic (exact) mass is 468 g/mol. The number of Topliss-reactive ketones (excluding diaryl/α,β-unsaturated/α-hetero) is 1. The number of esters is 2. The molecule has 0 N–H and O–H groups in total. The van der Waals surface area contributed by atoms with Crippen LogP contribution in [0.3, 0.4) is 0 Å². The van der Waals surface area contributed by atoms with Crippen molar-refractivity contribution >= 4 is 17.7 Å². The van der Waals surface area contributed by atoms with Crippen LogP contribution in [0.5, 0.6) is 0 Å². The van der Waals surface area contributed by atoms with E-state index in [2.05, 4.69) is 0 Å². The zero-order valence-electron chi connectivity index (χ0n) is 18.9. The van der Waals surface area contributed by atoms with Crippen molar-refractivity contribution in [2.24, 2.45) is 11.8 Å². The Morgan fingerprint density at radius 1 is 0.686 bits per heavy atom. The summed E-state index contributed by atoms with van der Waals surface area (Å²) in [7, 11) is 0. The number of carbonyl (C=O) groups is 3. The van der Waals surface area contributed by atoms with Crippen LogP contribution >= 0.6 is 0 Å². The molecular weight excluding hydrogens is 444 g/mol. The molecule has 176 valence electrons. The Bertz CT molecular complexity index is 1240. The molecule has 6 heteroatoms. The van der Waals surface area contributed by atoms with Crippen molar-refractivity contribution in [3.63, 3.8) is 0 Å². The maximum atomic E-state index is 13.5. The topological polar surface area (TPSA) is 78.9 Å². The van der Waals surface area contributed by atoms with Gasteiger partial charge >= 0.3 is 11.9 Å². The maximum absolute atomic E-state index is 13.5. The van der Waals surface area contributed by atoms with Crippen molar-refractivity contribution in [1.82, 2.24) is 0 Å². The second-order valence-electron chi connectivity index (χ2n) is 9.33. The summed E-state index contributed by atoms with van der Waals surface area (Å²) >= 11 is 0. The predicted octanol–water partition coefficient (Wildman–Crippen LogP) is 4.21. The summed E-state index contributed by atoms with van der Waals surface area (Å²) in [6, 6.07) is 27.0. The summed E-state index contributed by atoms with van der Waals surface area (Å²) in [4.78, 5) is 39.4. The first-order valence-electron chi connectivity index (χ1n) is 11.9. The molecule has 7 atom stereocenters. The van der Waals surface area contributed by atoms with Gasteiger partial charge in [-0.05, 0) is 36.2 Å². The van der Waals surface area contributed by atoms with Crippen molar-refractivity contribution in [1.29, 1.82) is 0 Å². The van der Waals surface area contributed by atoms with Crippen molar-refractivity contribution in [2.45, 2.75) is 36.8 Å². The van der Waals surface area contributed by atoms with E-state index in [4.69, 9.17) is 14.2 Å². The Morgan fingerprint density at radius 3 is 1.71 bits per heavy atom. The molecule has 3 aromatic rings. The molecule has 0 amide bonds. The minimum atomic E-state index is -0.861. The highest BCUT2D eigenvalue weighted by Gasteiger charge is 2.68. The van der Waals surface area contributed by atoms with Gasteiger partial charge < -0.3 is 14.2 Å². The molecule has 3 fully saturated rings. The molecule has 1 saturated carbocycles. The highest BCUT2D eigenvalue weighted by Crippen LogP contribution is 2.55. The predicted molar refractivity (Wildman–Crippen MR) is 126 cm³/mol. The minimum absolute atomic E-state index is 0.0991. The summed E-state index contributed by atoms with van der Waals surface area (Å²) in [5.74, 6) is -1.68. The summed E-state index contributed by atoms with van der Waals surface area (Å²) < 4.78 is 18.0. The van der Waals surface area contributed by atoms with Crippen LogP contribution in [0.4, 0.5) is 0 Å². The van der Waals surface area contributed by atoms with Crippen LogP contribution in [0.2, 0.25) is 0 Å². The van der Waals surface area contributed by atoms with Crippen LogP contribution < -0.4 is 0 Å². The minimum Gasteiger partial charge on any atom is -0.452 e. The molecule has 3 aliphatic rings. The second kappa shape index (κ2) is 8.78. The number of ketones is 1. The van der Waals surface area contributed by atoms with Gasteiger partial charge in [0.05, 0.1) is 17.0 Å². The van der Waals surface area contributed by atoms with Crippen LogP contribution in [0.15, 0.2) is 91.0 Å². The van der Waals surface area contributed by atoms with Gasteiger partial charge in [-0.1, -0.05) is 66.7 Å². The fourth-order valence-electron chi connectivity index (χ4n) is 5.85. The van der Waals surface area contributed by atoms with Crippen molar-refractivity contribution in [2.75, 3.05) is 0 Å². The third-order valence-electron chi connectivity index (χ3n) is 7.41. The van der Waals surface area contributed by atoms with Crippen LogP contribution in [0.25, 0.3) is 0 Å². The molecule has 2 heterocycles. The van der Waals surface area contributed by atoms with E-state index in [0.717, 1.165) is 5.56 Å². The van der Waals surface area contributed by atoms with Gasteiger partial charge in [-0.2, -0.15) is 0 Å². The third kappa shape index (κ3) is 3.74. The van der Waals surface area contributed by atoms with E-state index in [9.17, 15) is 14.4 Å². The third-order valence-corrected chi connectivity index (χ3v) is 7.41. The van der Waals surface area contributed by atoms with Gasteiger partial charge in [0.15, 0.2) is 12.2 Å². The lowest BCUT2D eigenvalue weighted by Gasteiger charge is -2.33. The number of rotatable bonds is 5. The SMILES string of the molecule is O=C(OC1C2OC(C1OC(=O)c1ccccc1)C1C(=O)C(c3ccccc3)CC21)c1ccccc1. The van der Waals surface area contributed by atoms with Crippen LogP contribution in [-0.2, 0) is 19.0 Å². The molecule has 6 rings (SSSR count). The summed E-state index contributed by atoms with van der Waals surface area (Å²) in [6.07, 6.45) is -2.19. The van der Waals surface area contributed by atoms with E-state index < -0.39 is 42.3 Å². The van der Waals surface area contributed by atoms with E-state index in [1.165, 1.54) is 0 Å². The van der Waals surface area contributed by atoms with Crippen LogP contribution in [-0.4, -0.2) is 42.1 Å². The number of carbonyl (C=O) groups excluding carboxylic acids is 3. The highest BCUT2D eigenvalue weighted by atomic mass is 16.6. The fraction of sp³-hybridized carbons (Fsp3) is 0.276. The van der Waals surface area contributed by atoms with Crippen molar-refractivity contribution < 1.29 is 28.6 Å². The van der Waals surface area contributed by atoms with Gasteiger partial charge in [-0.25, -0.2) is 9.59 Å². The van der Waals surface area contributed by atoms with E-state index >= 15 is 0 Å². The van der Waals surface area contributed by atoms with Gasteiger partial charge in [0.1, 0.15) is 18.0 Å². The van der Waals surface area contributed by atoms with E-state index in [0.29, 0.717) is 17.5 Å². The Kier molecular flexibility index (Phi) is 5.46. The Morgan fingerprint density at radius 2 is 1.17 bits per heavy atom. The number of hydrogen-bond acceptors (Lipinski definition) is 6. The van der Waals surface area contributed by atoms with Gasteiger partial charge in [-0.15, -0.1) is 0 Å². The molecule has 3 aromatic carbocycles. The zero-order valence-corrected chi connectivity index (χ0v) is 18.9. The largest absolute Gasteiger partial charge is 0.452 e. The van der Waals surface area contributed by atoms with E-state index in [-0.39, 0.29) is 17.6 Å². The van der Waals surface area contributed by atoms with Crippen LogP contribution in [0, 0.1) is 11.8 Å². The summed E-state index contributed by atoms with van der Waals surface area (Å²) in [5, 5.41) is 0. The van der Waals surface area contributed by atoms with Gasteiger partial charge in [-0.3, -0.25) is 4.79 Å². The molecule has 1 aliphatic carbocycles. The summed E-state index contributed by atoms with van der Waals surface area (Å²) in [6.45, 7) is 0. The Hall–Kier alpha value is -3.77. The zero-order chi connectivity index (χ0) is 23.9. The fourth-order valence-corrected chi connectivity index (χ4v) is 5.85. The molecule has 6 nitrogen and oxygen atoms in total. The average Bonchev–Trinajstić information content (AvgIpc) is 3.56. The number of fused-ring (bicyclic) bond motifs is 5.